The second-order valence-electron chi connectivity index (χ2n) is 2.22. The van der Waals surface area contributed by atoms with Crippen LogP contribution in [0.25, 0.3) is 0 Å². The summed E-state index contributed by atoms with van der Waals surface area (Å²) in [7, 11) is 1.80. The molecular formula is C7H10ClNOS. The van der Waals surface area contributed by atoms with Crippen molar-refractivity contribution in [3.63, 3.8) is 0 Å². The molecule has 0 amide bonds. The van der Waals surface area contributed by atoms with E-state index in [2.05, 4.69) is 5.32 Å². The molecule has 2 N–H and O–H groups in total. The van der Waals surface area contributed by atoms with Gasteiger partial charge in [-0.05, 0) is 18.5 Å². The highest BCUT2D eigenvalue weighted by atomic mass is 35.5. The Morgan fingerprint density at radius 2 is 2.55 bits per heavy atom. The number of aliphatic hydroxyl groups is 1. The predicted octanol–water partition coefficient (Wildman–Crippen LogP) is 1.65. The Balaban J connectivity index is 2.67. The average Bonchev–Trinajstić information content (AvgIpc) is 2.36. The van der Waals surface area contributed by atoms with Crippen LogP contribution in [-0.2, 0) is 0 Å². The summed E-state index contributed by atoms with van der Waals surface area (Å²) in [6.45, 7) is 0.538. The normalized spacial score (nSPS) is 13.4. The number of aliphatic hydroxyl groups excluding tert-OH is 1. The van der Waals surface area contributed by atoms with Gasteiger partial charge in [0, 0.05) is 12.1 Å². The van der Waals surface area contributed by atoms with Crippen LogP contribution in [0.1, 0.15) is 11.7 Å². The van der Waals surface area contributed by atoms with Crippen molar-refractivity contribution in [1.29, 1.82) is 0 Å². The molecule has 0 aliphatic carbocycles. The van der Waals surface area contributed by atoms with Crippen molar-refractivity contribution in [2.75, 3.05) is 13.6 Å². The number of thiophene rings is 1. The molecule has 0 saturated carbocycles. The van der Waals surface area contributed by atoms with Gasteiger partial charge in [0.05, 0.1) is 10.4 Å². The first-order chi connectivity index (χ1) is 5.25. The largest absolute Gasteiger partial charge is 0.387 e. The third-order valence-corrected chi connectivity index (χ3v) is 2.60. The molecule has 1 aromatic heterocycles. The summed E-state index contributed by atoms with van der Waals surface area (Å²) in [5.74, 6) is 0. The monoisotopic (exact) mass is 191 g/mol. The smallest absolute Gasteiger partial charge is 0.0986 e. The molecule has 0 fully saturated rings. The summed E-state index contributed by atoms with van der Waals surface area (Å²) in [6.07, 6.45) is -0.487. The highest BCUT2D eigenvalue weighted by molar-refractivity contribution is 7.14. The van der Waals surface area contributed by atoms with E-state index in [0.717, 1.165) is 5.56 Å². The summed E-state index contributed by atoms with van der Waals surface area (Å²) in [4.78, 5) is 0. The standard InChI is InChI=1S/C7H10ClNOS/c1-9-4-6(10)5-2-3-11-7(5)8/h2-3,6,9-10H,4H2,1H3. The second kappa shape index (κ2) is 4.07. The van der Waals surface area contributed by atoms with E-state index in [9.17, 15) is 5.11 Å². The van der Waals surface area contributed by atoms with Crippen molar-refractivity contribution in [1.82, 2.24) is 5.32 Å². The van der Waals surface area contributed by atoms with Gasteiger partial charge >= 0.3 is 0 Å². The van der Waals surface area contributed by atoms with Crippen molar-refractivity contribution in [3.05, 3.63) is 21.3 Å². The van der Waals surface area contributed by atoms with Crippen LogP contribution in [0.15, 0.2) is 11.4 Å². The highest BCUT2D eigenvalue weighted by Gasteiger charge is 2.10. The van der Waals surface area contributed by atoms with Crippen LogP contribution in [0.5, 0.6) is 0 Å². The Morgan fingerprint density at radius 1 is 1.82 bits per heavy atom. The first kappa shape index (κ1) is 9.00. The lowest BCUT2D eigenvalue weighted by atomic mass is 10.2. The van der Waals surface area contributed by atoms with Gasteiger partial charge in [0.2, 0.25) is 0 Å². The Hall–Kier alpha value is -0.0900. The van der Waals surface area contributed by atoms with Gasteiger partial charge in [0.1, 0.15) is 0 Å². The predicted molar refractivity (Wildman–Crippen MR) is 48.2 cm³/mol. The fourth-order valence-corrected chi connectivity index (χ4v) is 1.86. The van der Waals surface area contributed by atoms with Crippen LogP contribution in [0.2, 0.25) is 4.34 Å². The minimum Gasteiger partial charge on any atom is -0.387 e. The van der Waals surface area contributed by atoms with E-state index in [1.807, 2.05) is 11.4 Å². The van der Waals surface area contributed by atoms with Crippen molar-refractivity contribution >= 4 is 22.9 Å². The molecule has 0 aliphatic rings. The second-order valence-corrected chi connectivity index (χ2v) is 3.74. The van der Waals surface area contributed by atoms with Crippen molar-refractivity contribution in [2.24, 2.45) is 0 Å². The number of hydrogen-bond donors (Lipinski definition) is 2. The zero-order valence-electron chi connectivity index (χ0n) is 6.17. The van der Waals surface area contributed by atoms with Gasteiger partial charge in [0.25, 0.3) is 0 Å². The summed E-state index contributed by atoms with van der Waals surface area (Å²) in [5.41, 5.74) is 0.811. The Bertz CT molecular complexity index is 226. The van der Waals surface area contributed by atoms with Crippen LogP contribution in [0.3, 0.4) is 0 Å². The van der Waals surface area contributed by atoms with Gasteiger partial charge < -0.3 is 10.4 Å². The Kier molecular flexibility index (Phi) is 3.33. The van der Waals surface area contributed by atoms with E-state index in [0.29, 0.717) is 10.9 Å². The fourth-order valence-electron chi connectivity index (χ4n) is 0.846. The summed E-state index contributed by atoms with van der Waals surface area (Å²) in [5, 5.41) is 14.2. The third-order valence-electron chi connectivity index (χ3n) is 1.40. The number of hydrogen-bond acceptors (Lipinski definition) is 3. The van der Waals surface area contributed by atoms with Crippen LogP contribution in [-0.4, -0.2) is 18.7 Å². The molecule has 0 aromatic carbocycles. The maximum atomic E-state index is 9.45. The molecule has 2 nitrogen and oxygen atoms in total. The van der Waals surface area contributed by atoms with Crippen molar-refractivity contribution < 1.29 is 5.11 Å². The van der Waals surface area contributed by atoms with Gasteiger partial charge in [-0.25, -0.2) is 0 Å². The number of likely N-dealkylation sites (N-methyl/N-ethyl adjacent to an activating group) is 1. The van der Waals surface area contributed by atoms with E-state index in [1.54, 1.807) is 7.05 Å². The molecule has 1 heterocycles. The number of rotatable bonds is 3. The lowest BCUT2D eigenvalue weighted by Crippen LogP contribution is -2.16. The van der Waals surface area contributed by atoms with Crippen LogP contribution < -0.4 is 5.32 Å². The topological polar surface area (TPSA) is 32.3 Å². The number of halogens is 1. The first-order valence-corrected chi connectivity index (χ1v) is 4.57. The molecule has 0 saturated heterocycles. The van der Waals surface area contributed by atoms with Crippen molar-refractivity contribution in [2.45, 2.75) is 6.10 Å². The highest BCUT2D eigenvalue weighted by Crippen LogP contribution is 2.27. The molecule has 1 rings (SSSR count). The molecule has 0 radical (unpaired) electrons. The van der Waals surface area contributed by atoms with Crippen molar-refractivity contribution in [3.8, 4) is 0 Å². The molecule has 0 spiro atoms. The van der Waals surface area contributed by atoms with Crippen LogP contribution >= 0.6 is 22.9 Å². The van der Waals surface area contributed by atoms with E-state index < -0.39 is 6.10 Å². The number of nitrogens with one attached hydrogen (secondary N) is 1. The molecular weight excluding hydrogens is 182 g/mol. The van der Waals surface area contributed by atoms with Gasteiger partial charge in [0.15, 0.2) is 0 Å². The zero-order chi connectivity index (χ0) is 8.27. The SMILES string of the molecule is CNCC(O)c1ccsc1Cl. The summed E-state index contributed by atoms with van der Waals surface area (Å²) in [6, 6.07) is 1.84. The lowest BCUT2D eigenvalue weighted by molar-refractivity contribution is 0.178. The molecule has 4 heteroatoms. The Morgan fingerprint density at radius 3 is 3.00 bits per heavy atom. The van der Waals surface area contributed by atoms with E-state index in [-0.39, 0.29) is 0 Å². The van der Waals surface area contributed by atoms with Gasteiger partial charge in [-0.1, -0.05) is 11.6 Å². The molecule has 1 aromatic rings. The molecule has 11 heavy (non-hydrogen) atoms. The van der Waals surface area contributed by atoms with Gasteiger partial charge in [-0.2, -0.15) is 0 Å². The summed E-state index contributed by atoms with van der Waals surface area (Å²) < 4.78 is 0.674. The van der Waals surface area contributed by atoms with Gasteiger partial charge in [-0.3, -0.25) is 0 Å². The fraction of sp³-hybridized carbons (Fsp3) is 0.429. The lowest BCUT2D eigenvalue weighted by Gasteiger charge is -2.07. The molecule has 62 valence electrons. The maximum absolute atomic E-state index is 9.45. The summed E-state index contributed by atoms with van der Waals surface area (Å²) >= 11 is 7.24. The maximum Gasteiger partial charge on any atom is 0.0986 e. The van der Waals surface area contributed by atoms with E-state index in [4.69, 9.17) is 11.6 Å². The van der Waals surface area contributed by atoms with Gasteiger partial charge in [-0.15, -0.1) is 11.3 Å². The molecule has 0 bridgehead atoms. The molecule has 1 atom stereocenters. The zero-order valence-corrected chi connectivity index (χ0v) is 7.75. The van der Waals surface area contributed by atoms with Crippen LogP contribution in [0.4, 0.5) is 0 Å². The van der Waals surface area contributed by atoms with E-state index in [1.165, 1.54) is 11.3 Å². The minimum atomic E-state index is -0.487. The average molecular weight is 192 g/mol. The quantitative estimate of drug-likeness (QED) is 0.762. The first-order valence-electron chi connectivity index (χ1n) is 3.31. The third kappa shape index (κ3) is 2.17. The molecule has 1 unspecified atom stereocenters. The van der Waals surface area contributed by atoms with E-state index >= 15 is 0 Å². The molecule has 0 aliphatic heterocycles. The van der Waals surface area contributed by atoms with Crippen LogP contribution in [0, 0.1) is 0 Å². The minimum absolute atomic E-state index is 0.487. The Labute approximate surface area is 74.8 Å².